The van der Waals surface area contributed by atoms with Crippen molar-refractivity contribution in [1.29, 1.82) is 0 Å². The van der Waals surface area contributed by atoms with E-state index in [2.05, 4.69) is 4.40 Å². The lowest BCUT2D eigenvalue weighted by Gasteiger charge is -2.06. The summed E-state index contributed by atoms with van der Waals surface area (Å²) in [7, 11) is -1.38. The maximum atomic E-state index is 12.5. The quantitative estimate of drug-likeness (QED) is 0.661. The van der Waals surface area contributed by atoms with Crippen LogP contribution in [0.1, 0.15) is 10.4 Å². The lowest BCUT2D eigenvalue weighted by Crippen LogP contribution is -1.94. The summed E-state index contributed by atoms with van der Waals surface area (Å²) in [6, 6.07) is 15.9. The molecule has 1 aromatic heterocycles. The number of aryl methyl sites for hydroxylation is 1. The molecular formula is C16H13NOS2. The van der Waals surface area contributed by atoms with Gasteiger partial charge in [0.2, 0.25) is 0 Å². The molecule has 0 aliphatic heterocycles. The first kappa shape index (κ1) is 13.2. The van der Waals surface area contributed by atoms with Crippen LogP contribution in [0.15, 0.2) is 63.2 Å². The molecule has 0 amide bonds. The van der Waals surface area contributed by atoms with Crippen molar-refractivity contribution in [3.8, 4) is 0 Å². The van der Waals surface area contributed by atoms with Gasteiger partial charge >= 0.3 is 0 Å². The third-order valence-corrected chi connectivity index (χ3v) is 5.06. The van der Waals surface area contributed by atoms with Crippen LogP contribution in [0.25, 0.3) is 10.8 Å². The Morgan fingerprint density at radius 1 is 1.10 bits per heavy atom. The van der Waals surface area contributed by atoms with Crippen LogP contribution >= 0.6 is 11.3 Å². The molecule has 1 heterocycles. The first-order valence-corrected chi connectivity index (χ1v) is 8.22. The third-order valence-electron chi connectivity index (χ3n) is 3.07. The van der Waals surface area contributed by atoms with Crippen molar-refractivity contribution < 1.29 is 4.21 Å². The van der Waals surface area contributed by atoms with Gasteiger partial charge in [0, 0.05) is 4.88 Å². The molecule has 1 atom stereocenters. The number of hydrogen-bond donors (Lipinski definition) is 0. The van der Waals surface area contributed by atoms with Gasteiger partial charge in [0.25, 0.3) is 0 Å². The first-order valence-electron chi connectivity index (χ1n) is 6.23. The van der Waals surface area contributed by atoms with E-state index in [-0.39, 0.29) is 0 Å². The fraction of sp³-hybridized carbons (Fsp3) is 0.0625. The van der Waals surface area contributed by atoms with Crippen molar-refractivity contribution in [3.63, 3.8) is 0 Å². The minimum Gasteiger partial charge on any atom is -0.229 e. The van der Waals surface area contributed by atoms with E-state index in [4.69, 9.17) is 0 Å². The van der Waals surface area contributed by atoms with Crippen molar-refractivity contribution in [3.05, 3.63) is 64.4 Å². The molecule has 1 unspecified atom stereocenters. The van der Waals surface area contributed by atoms with Gasteiger partial charge in [-0.2, -0.15) is 4.40 Å². The Labute approximate surface area is 124 Å². The number of hydrogen-bond acceptors (Lipinski definition) is 2. The van der Waals surface area contributed by atoms with Crippen LogP contribution in [0.4, 0.5) is 0 Å². The van der Waals surface area contributed by atoms with Crippen LogP contribution in [0, 0.1) is 6.92 Å². The van der Waals surface area contributed by atoms with Gasteiger partial charge in [0.05, 0.1) is 11.1 Å². The molecular weight excluding hydrogens is 286 g/mol. The summed E-state index contributed by atoms with van der Waals surface area (Å²) in [5.74, 6) is 0. The minimum absolute atomic E-state index is 0.802. The van der Waals surface area contributed by atoms with E-state index >= 15 is 0 Å². The Bertz CT molecular complexity index is 791. The zero-order valence-electron chi connectivity index (χ0n) is 10.9. The second-order valence-electron chi connectivity index (χ2n) is 4.43. The summed E-state index contributed by atoms with van der Waals surface area (Å²) in [6.45, 7) is 1.97. The fourth-order valence-electron chi connectivity index (χ4n) is 2.10. The van der Waals surface area contributed by atoms with Crippen molar-refractivity contribution >= 4 is 39.3 Å². The molecule has 0 radical (unpaired) electrons. The van der Waals surface area contributed by atoms with Crippen LogP contribution in [0.3, 0.4) is 0 Å². The molecule has 100 valence electrons. The van der Waals surface area contributed by atoms with E-state index in [0.29, 0.717) is 0 Å². The van der Waals surface area contributed by atoms with E-state index < -0.39 is 11.0 Å². The highest BCUT2D eigenvalue weighted by Crippen LogP contribution is 2.25. The number of nitrogens with zero attached hydrogens (tertiary/aromatic N) is 1. The van der Waals surface area contributed by atoms with E-state index in [1.54, 1.807) is 17.6 Å². The van der Waals surface area contributed by atoms with E-state index in [1.807, 2.05) is 60.8 Å². The monoisotopic (exact) mass is 299 g/mol. The number of thiophene rings is 1. The molecule has 3 rings (SSSR count). The Hall–Kier alpha value is -1.78. The molecule has 2 aromatic carbocycles. The molecule has 0 bridgehead atoms. The second kappa shape index (κ2) is 5.69. The molecule has 2 nitrogen and oxygen atoms in total. The molecule has 0 N–H and O–H groups in total. The SMILES string of the molecule is Cc1ccc2ccccc2c1S(=O)/N=C/c1cccs1. The zero-order valence-corrected chi connectivity index (χ0v) is 12.6. The lowest BCUT2D eigenvalue weighted by atomic mass is 10.1. The number of fused-ring (bicyclic) bond motifs is 1. The van der Waals surface area contributed by atoms with Gasteiger partial charge in [-0.3, -0.25) is 0 Å². The number of rotatable bonds is 3. The van der Waals surface area contributed by atoms with Crippen LogP contribution in [0.2, 0.25) is 0 Å². The Morgan fingerprint density at radius 3 is 2.75 bits per heavy atom. The van der Waals surface area contributed by atoms with Gasteiger partial charge < -0.3 is 0 Å². The summed E-state index contributed by atoms with van der Waals surface area (Å²) in [5, 5.41) is 4.08. The van der Waals surface area contributed by atoms with Crippen molar-refractivity contribution in [2.24, 2.45) is 4.40 Å². The van der Waals surface area contributed by atoms with Gasteiger partial charge in [0.1, 0.15) is 0 Å². The average Bonchev–Trinajstić information content (AvgIpc) is 2.98. The largest absolute Gasteiger partial charge is 0.229 e. The highest BCUT2D eigenvalue weighted by molar-refractivity contribution is 7.84. The van der Waals surface area contributed by atoms with Crippen LogP contribution in [-0.2, 0) is 11.0 Å². The van der Waals surface area contributed by atoms with Crippen molar-refractivity contribution in [2.75, 3.05) is 0 Å². The highest BCUT2D eigenvalue weighted by atomic mass is 32.2. The van der Waals surface area contributed by atoms with E-state index in [9.17, 15) is 4.21 Å². The Morgan fingerprint density at radius 2 is 1.95 bits per heavy atom. The topological polar surface area (TPSA) is 29.4 Å². The van der Waals surface area contributed by atoms with Crippen LogP contribution in [0.5, 0.6) is 0 Å². The normalized spacial score (nSPS) is 13.1. The third kappa shape index (κ3) is 2.57. The van der Waals surface area contributed by atoms with Crippen molar-refractivity contribution in [2.45, 2.75) is 11.8 Å². The summed E-state index contributed by atoms with van der Waals surface area (Å²) < 4.78 is 16.7. The van der Waals surface area contributed by atoms with Gasteiger partial charge in [0.15, 0.2) is 11.0 Å². The molecule has 0 aliphatic rings. The van der Waals surface area contributed by atoms with Crippen LogP contribution in [-0.4, -0.2) is 10.4 Å². The van der Waals surface area contributed by atoms with Crippen molar-refractivity contribution in [1.82, 2.24) is 0 Å². The fourth-order valence-corrected chi connectivity index (χ4v) is 3.78. The minimum atomic E-state index is -1.38. The Balaban J connectivity index is 2.05. The molecule has 3 aromatic rings. The predicted octanol–water partition coefficient (Wildman–Crippen LogP) is 4.35. The average molecular weight is 299 g/mol. The summed E-state index contributed by atoms with van der Waals surface area (Å²) >= 11 is 1.58. The molecule has 0 saturated carbocycles. The lowest BCUT2D eigenvalue weighted by molar-refractivity contribution is 0.685. The van der Waals surface area contributed by atoms with Gasteiger partial charge in [-0.1, -0.05) is 42.5 Å². The van der Waals surface area contributed by atoms with Gasteiger partial charge in [-0.25, -0.2) is 4.21 Å². The molecule has 20 heavy (non-hydrogen) atoms. The Kier molecular flexibility index (Phi) is 3.76. The van der Waals surface area contributed by atoms with E-state index in [0.717, 1.165) is 26.1 Å². The van der Waals surface area contributed by atoms with Gasteiger partial charge in [-0.05, 0) is 34.7 Å². The predicted molar refractivity (Wildman–Crippen MR) is 87.0 cm³/mol. The molecule has 4 heteroatoms. The summed E-state index contributed by atoms with van der Waals surface area (Å²) in [6.07, 6.45) is 1.68. The highest BCUT2D eigenvalue weighted by Gasteiger charge is 2.10. The van der Waals surface area contributed by atoms with Gasteiger partial charge in [-0.15, -0.1) is 11.3 Å². The standard InChI is InChI=1S/C16H13NOS2/c1-12-8-9-13-5-2-3-7-15(13)16(12)20(18)17-11-14-6-4-10-19-14/h2-11H,1H3/b17-11+. The summed E-state index contributed by atoms with van der Waals surface area (Å²) in [4.78, 5) is 1.81. The smallest absolute Gasteiger partial charge is 0.173 e. The maximum Gasteiger partial charge on any atom is 0.173 e. The molecule has 0 saturated heterocycles. The van der Waals surface area contributed by atoms with Crippen LogP contribution < -0.4 is 0 Å². The molecule has 0 aliphatic carbocycles. The maximum absolute atomic E-state index is 12.5. The first-order chi connectivity index (χ1) is 9.75. The number of benzene rings is 2. The zero-order chi connectivity index (χ0) is 13.9. The molecule has 0 spiro atoms. The summed E-state index contributed by atoms with van der Waals surface area (Å²) in [5.41, 5.74) is 1.00. The second-order valence-corrected chi connectivity index (χ2v) is 6.53. The van der Waals surface area contributed by atoms with E-state index in [1.165, 1.54) is 0 Å². The molecule has 0 fully saturated rings.